The minimum absolute atomic E-state index is 0.0514. The molecule has 1 amide bonds. The molecule has 0 saturated heterocycles. The normalized spacial score (nSPS) is 16.6. The first-order valence-corrected chi connectivity index (χ1v) is 10.3. The maximum atomic E-state index is 13.6. The van der Waals surface area contributed by atoms with E-state index in [0.29, 0.717) is 11.3 Å². The van der Waals surface area contributed by atoms with Crippen LogP contribution in [-0.4, -0.2) is 41.1 Å². The maximum absolute atomic E-state index is 13.6. The number of nitrogens with zero attached hydrogens (tertiary/aromatic N) is 5. The second-order valence-corrected chi connectivity index (χ2v) is 7.73. The van der Waals surface area contributed by atoms with Gasteiger partial charge in [-0.15, -0.1) is 0 Å². The van der Waals surface area contributed by atoms with Gasteiger partial charge in [-0.3, -0.25) is 9.69 Å². The van der Waals surface area contributed by atoms with Crippen LogP contribution >= 0.6 is 11.6 Å². The highest BCUT2D eigenvalue weighted by Gasteiger charge is 2.53. The number of amides is 1. The molecule has 1 aliphatic rings. The number of methoxy groups -OCH3 is 2. The topological polar surface area (TPSA) is 138 Å². The molecule has 0 fully saturated rings. The Balaban J connectivity index is 1.98. The highest BCUT2D eigenvalue weighted by atomic mass is 35.5. The van der Waals surface area contributed by atoms with Gasteiger partial charge in [-0.1, -0.05) is 47.0 Å². The van der Waals surface area contributed by atoms with E-state index in [4.69, 9.17) is 26.6 Å². The van der Waals surface area contributed by atoms with Gasteiger partial charge >= 0.3 is 5.97 Å². The van der Waals surface area contributed by atoms with Gasteiger partial charge in [0.2, 0.25) is 0 Å². The fraction of sp³-hybridized carbons (Fsp3) is 0.174. The molecule has 0 bridgehead atoms. The Hall–Kier alpha value is -4.11. The predicted molar refractivity (Wildman–Crippen MR) is 122 cm³/mol. The quantitative estimate of drug-likeness (QED) is 0.242. The largest absolute Gasteiger partial charge is 0.497 e. The summed E-state index contributed by atoms with van der Waals surface area (Å²) >= 11 is 6.44. The lowest BCUT2D eigenvalue weighted by molar-refractivity contribution is -0.0538. The van der Waals surface area contributed by atoms with Gasteiger partial charge in [0.25, 0.3) is 5.91 Å². The number of hydrogen-bond acceptors (Lipinski definition) is 7. The monoisotopic (exact) mass is 479 g/mol. The summed E-state index contributed by atoms with van der Waals surface area (Å²) in [5.74, 6) is -0.899. The summed E-state index contributed by atoms with van der Waals surface area (Å²) < 4.78 is 9.89. The van der Waals surface area contributed by atoms with Crippen molar-refractivity contribution in [3.05, 3.63) is 98.1 Å². The smallest absolute Gasteiger partial charge is 0.356 e. The number of carbonyl (C=O) groups excluding carboxylic acids is 2. The van der Waals surface area contributed by atoms with Gasteiger partial charge in [-0.05, 0) is 35.4 Å². The number of aliphatic hydroxyl groups is 1. The number of benzene rings is 2. The van der Waals surface area contributed by atoms with Crippen LogP contribution in [0.5, 0.6) is 5.75 Å². The number of azide groups is 1. The average Bonchev–Trinajstić information content (AvgIpc) is 3.07. The molecule has 1 atom stereocenters. The van der Waals surface area contributed by atoms with Gasteiger partial charge in [0.15, 0.2) is 5.72 Å². The molecule has 2 aromatic carbocycles. The first kappa shape index (κ1) is 23.1. The van der Waals surface area contributed by atoms with E-state index >= 15 is 0 Å². The summed E-state index contributed by atoms with van der Waals surface area (Å²) in [6.45, 7) is -0.0514. The number of fused-ring (bicyclic) bond motifs is 1. The Morgan fingerprint density at radius 3 is 2.56 bits per heavy atom. The number of halogens is 1. The molecule has 11 heteroatoms. The number of pyridine rings is 1. The van der Waals surface area contributed by atoms with Crippen molar-refractivity contribution >= 4 is 29.2 Å². The van der Waals surface area contributed by atoms with E-state index in [-0.39, 0.29) is 39.8 Å². The molecule has 10 nitrogen and oxygen atoms in total. The van der Waals surface area contributed by atoms with Crippen LogP contribution in [0.4, 0.5) is 5.69 Å². The predicted octanol–water partition coefficient (Wildman–Crippen LogP) is 4.32. The number of hydrogen-bond donors (Lipinski definition) is 1. The van der Waals surface area contributed by atoms with Gasteiger partial charge in [-0.25, -0.2) is 9.78 Å². The first-order valence-electron chi connectivity index (χ1n) is 9.96. The maximum Gasteiger partial charge on any atom is 0.356 e. The Morgan fingerprint density at radius 1 is 1.24 bits per heavy atom. The Morgan fingerprint density at radius 2 is 1.94 bits per heavy atom. The number of rotatable bonds is 6. The van der Waals surface area contributed by atoms with Crippen molar-refractivity contribution in [2.75, 3.05) is 14.2 Å². The summed E-state index contributed by atoms with van der Waals surface area (Å²) in [6, 6.07) is 14.5. The van der Waals surface area contributed by atoms with Crippen molar-refractivity contribution in [2.45, 2.75) is 12.3 Å². The molecule has 2 heterocycles. The van der Waals surface area contributed by atoms with Crippen molar-refractivity contribution in [3.8, 4) is 5.75 Å². The third-order valence-corrected chi connectivity index (χ3v) is 5.81. The fourth-order valence-electron chi connectivity index (χ4n) is 3.90. The Bertz CT molecular complexity index is 1340. The third-order valence-electron chi connectivity index (χ3n) is 5.48. The van der Waals surface area contributed by atoms with Crippen molar-refractivity contribution in [3.63, 3.8) is 0 Å². The molecular weight excluding hydrogens is 462 g/mol. The summed E-state index contributed by atoms with van der Waals surface area (Å²) in [4.78, 5) is 33.9. The zero-order valence-corrected chi connectivity index (χ0v) is 18.9. The molecule has 0 aliphatic carbocycles. The molecule has 0 spiro atoms. The van der Waals surface area contributed by atoms with Crippen LogP contribution in [0.3, 0.4) is 0 Å². The molecule has 3 aromatic rings. The van der Waals surface area contributed by atoms with E-state index in [2.05, 4.69) is 15.0 Å². The van der Waals surface area contributed by atoms with E-state index in [9.17, 15) is 14.7 Å². The van der Waals surface area contributed by atoms with Crippen LogP contribution in [0.1, 0.15) is 37.7 Å². The van der Waals surface area contributed by atoms with Crippen LogP contribution in [0.25, 0.3) is 10.4 Å². The van der Waals surface area contributed by atoms with Gasteiger partial charge in [-0.2, -0.15) is 0 Å². The Kier molecular flexibility index (Phi) is 6.12. The third kappa shape index (κ3) is 3.69. The highest BCUT2D eigenvalue weighted by molar-refractivity contribution is 6.31. The van der Waals surface area contributed by atoms with Crippen LogP contribution in [0, 0.1) is 0 Å². The Labute approximate surface area is 198 Å². The molecule has 1 aromatic heterocycles. The zero-order chi connectivity index (χ0) is 24.5. The lowest BCUT2D eigenvalue weighted by Crippen LogP contribution is -2.44. The molecule has 0 radical (unpaired) electrons. The molecule has 4 rings (SSSR count). The van der Waals surface area contributed by atoms with Crippen LogP contribution in [-0.2, 0) is 17.0 Å². The molecule has 1 aliphatic heterocycles. The number of ether oxygens (including phenoxy) is 2. The minimum atomic E-state index is -2.14. The molecule has 0 saturated carbocycles. The van der Waals surface area contributed by atoms with Crippen LogP contribution in [0.2, 0.25) is 5.02 Å². The SMILES string of the molecule is COC(=O)c1cc(N=[N+]=[N-])c2c(n1)C(=O)N(Cc1ccc(OC)cc1)C2(O)c1ccccc1Cl. The van der Waals surface area contributed by atoms with Gasteiger partial charge in [0, 0.05) is 22.0 Å². The molecule has 1 unspecified atom stereocenters. The minimum Gasteiger partial charge on any atom is -0.497 e. The van der Waals surface area contributed by atoms with Crippen LogP contribution < -0.4 is 4.74 Å². The van der Waals surface area contributed by atoms with E-state index in [1.165, 1.54) is 7.11 Å². The van der Waals surface area contributed by atoms with Crippen molar-refractivity contribution in [1.82, 2.24) is 9.88 Å². The van der Waals surface area contributed by atoms with Crippen molar-refractivity contribution in [1.29, 1.82) is 0 Å². The molecule has 1 N–H and O–H groups in total. The van der Waals surface area contributed by atoms with Crippen LogP contribution in [0.15, 0.2) is 59.7 Å². The van der Waals surface area contributed by atoms with Crippen molar-refractivity contribution in [2.24, 2.45) is 5.11 Å². The summed E-state index contributed by atoms with van der Waals surface area (Å²) in [5, 5.41) is 16.0. The van der Waals surface area contributed by atoms with E-state index in [0.717, 1.165) is 18.1 Å². The lowest BCUT2D eigenvalue weighted by atomic mass is 9.93. The summed E-state index contributed by atoms with van der Waals surface area (Å²) in [6.07, 6.45) is 0. The number of aromatic nitrogens is 1. The summed E-state index contributed by atoms with van der Waals surface area (Å²) in [7, 11) is 2.69. The summed E-state index contributed by atoms with van der Waals surface area (Å²) in [5.41, 5.74) is 7.14. The number of esters is 1. The van der Waals surface area contributed by atoms with E-state index < -0.39 is 17.6 Å². The van der Waals surface area contributed by atoms with Gasteiger partial charge < -0.3 is 14.6 Å². The average molecular weight is 480 g/mol. The van der Waals surface area contributed by atoms with E-state index in [1.807, 2.05) is 0 Å². The second-order valence-electron chi connectivity index (χ2n) is 7.32. The van der Waals surface area contributed by atoms with Gasteiger partial charge in [0.05, 0.1) is 25.5 Å². The van der Waals surface area contributed by atoms with Crippen molar-refractivity contribution < 1.29 is 24.2 Å². The van der Waals surface area contributed by atoms with E-state index in [1.54, 1.807) is 48.5 Å². The molecular formula is C23H18ClN5O5. The standard InChI is InChI=1S/C23H18ClN5O5/c1-33-14-9-7-13(8-10-14)12-29-21(30)20-19(23(29,32)15-5-3-4-6-16(15)24)17(27-28-25)11-18(26-20)22(31)34-2/h3-11,32H,12H2,1-2H3. The lowest BCUT2D eigenvalue weighted by Gasteiger charge is -2.35. The fourth-order valence-corrected chi connectivity index (χ4v) is 4.17. The molecule has 34 heavy (non-hydrogen) atoms. The number of carbonyl (C=O) groups is 2. The highest BCUT2D eigenvalue weighted by Crippen LogP contribution is 2.48. The second kappa shape index (κ2) is 9.03. The zero-order valence-electron chi connectivity index (χ0n) is 18.1. The first-order chi connectivity index (χ1) is 16.3. The molecule has 172 valence electrons. The van der Waals surface area contributed by atoms with Gasteiger partial charge in [0.1, 0.15) is 17.1 Å².